The minimum atomic E-state index is -0.860. The van der Waals surface area contributed by atoms with Crippen molar-refractivity contribution in [3.8, 4) is 0 Å². The zero-order valence-electron chi connectivity index (χ0n) is 10.7. The molecule has 2 saturated heterocycles. The van der Waals surface area contributed by atoms with Crippen LogP contribution in [0.15, 0.2) is 0 Å². The van der Waals surface area contributed by atoms with Crippen LogP contribution in [0.3, 0.4) is 0 Å². The maximum atomic E-state index is 12.4. The summed E-state index contributed by atoms with van der Waals surface area (Å²) in [7, 11) is 0. The minimum absolute atomic E-state index is 0.0102. The van der Waals surface area contributed by atoms with Crippen LogP contribution in [0.5, 0.6) is 0 Å². The van der Waals surface area contributed by atoms with E-state index in [-0.39, 0.29) is 11.9 Å². The molecular weight excluding hydrogens is 232 g/mol. The van der Waals surface area contributed by atoms with Crippen LogP contribution in [0.4, 0.5) is 0 Å². The lowest BCUT2D eigenvalue weighted by molar-refractivity contribution is -0.151. The number of carboxylic acid groups (broad SMARTS) is 1. The van der Waals surface area contributed by atoms with Crippen LogP contribution in [0, 0.1) is 0 Å². The maximum absolute atomic E-state index is 12.4. The molecule has 18 heavy (non-hydrogen) atoms. The number of rotatable bonds is 2. The Morgan fingerprint density at radius 2 is 1.83 bits per heavy atom. The van der Waals surface area contributed by atoms with Crippen molar-refractivity contribution < 1.29 is 14.7 Å². The van der Waals surface area contributed by atoms with Gasteiger partial charge in [-0.25, -0.2) is 4.79 Å². The molecule has 0 aliphatic carbocycles. The van der Waals surface area contributed by atoms with E-state index in [0.717, 1.165) is 45.1 Å². The van der Waals surface area contributed by atoms with Gasteiger partial charge in [0.2, 0.25) is 5.91 Å². The number of piperidine rings is 1. The molecule has 0 spiro atoms. The predicted molar refractivity (Wildman–Crippen MR) is 67.2 cm³/mol. The monoisotopic (exact) mass is 254 g/mol. The molecule has 0 aromatic carbocycles. The number of carbonyl (C=O) groups excluding carboxylic acids is 1. The molecule has 0 radical (unpaired) electrons. The first-order valence-corrected chi connectivity index (χ1v) is 6.97. The largest absolute Gasteiger partial charge is 0.480 e. The fourth-order valence-electron chi connectivity index (χ4n) is 2.89. The summed E-state index contributed by atoms with van der Waals surface area (Å²) in [6, 6.07) is -0.789. The molecule has 5 heteroatoms. The van der Waals surface area contributed by atoms with E-state index >= 15 is 0 Å². The first kappa shape index (κ1) is 13.3. The smallest absolute Gasteiger partial charge is 0.326 e. The number of hydrogen-bond donors (Lipinski definition) is 2. The lowest BCUT2D eigenvalue weighted by Crippen LogP contribution is -2.53. The number of nitrogens with zero attached hydrogens (tertiary/aromatic N) is 1. The van der Waals surface area contributed by atoms with Crippen LogP contribution >= 0.6 is 0 Å². The third-order valence-corrected chi connectivity index (χ3v) is 3.93. The number of carboxylic acids is 1. The summed E-state index contributed by atoms with van der Waals surface area (Å²) in [5.74, 6) is -0.870. The van der Waals surface area contributed by atoms with Crippen molar-refractivity contribution in [3.63, 3.8) is 0 Å². The van der Waals surface area contributed by atoms with Crippen LogP contribution in [-0.4, -0.2) is 47.1 Å². The molecular formula is C13H22N2O3. The Balaban J connectivity index is 2.06. The molecule has 0 aromatic rings. The summed E-state index contributed by atoms with van der Waals surface area (Å²) in [5.41, 5.74) is 0. The molecule has 102 valence electrons. The second kappa shape index (κ2) is 6.18. The maximum Gasteiger partial charge on any atom is 0.326 e. The van der Waals surface area contributed by atoms with E-state index in [2.05, 4.69) is 5.32 Å². The van der Waals surface area contributed by atoms with E-state index in [9.17, 15) is 14.7 Å². The van der Waals surface area contributed by atoms with Gasteiger partial charge in [0.05, 0.1) is 6.04 Å². The standard InChI is InChI=1S/C13H22N2O3/c16-12(10-6-3-4-8-14-10)15-9-5-1-2-7-11(15)13(17)18/h10-11,14H,1-9H2,(H,17,18)/t10-,11?/m1/s1. The van der Waals surface area contributed by atoms with E-state index in [1.54, 1.807) is 4.90 Å². The van der Waals surface area contributed by atoms with Crippen molar-refractivity contribution >= 4 is 11.9 Å². The second-order valence-electron chi connectivity index (χ2n) is 5.24. The Kier molecular flexibility index (Phi) is 4.58. The minimum Gasteiger partial charge on any atom is -0.480 e. The summed E-state index contributed by atoms with van der Waals surface area (Å²) in [6.07, 6.45) is 6.42. The Labute approximate surface area is 108 Å². The molecule has 2 fully saturated rings. The fraction of sp³-hybridized carbons (Fsp3) is 0.846. The first-order valence-electron chi connectivity index (χ1n) is 6.97. The summed E-state index contributed by atoms with van der Waals surface area (Å²) >= 11 is 0. The molecule has 0 saturated carbocycles. The topological polar surface area (TPSA) is 69.6 Å². The lowest BCUT2D eigenvalue weighted by atomic mass is 10.0. The van der Waals surface area contributed by atoms with Crippen LogP contribution in [0.2, 0.25) is 0 Å². The Hall–Kier alpha value is -1.10. The number of carbonyl (C=O) groups is 2. The van der Waals surface area contributed by atoms with Crippen molar-refractivity contribution in [1.29, 1.82) is 0 Å². The van der Waals surface area contributed by atoms with Gasteiger partial charge in [0.1, 0.15) is 6.04 Å². The Morgan fingerprint density at radius 3 is 2.50 bits per heavy atom. The SMILES string of the molecule is O=C(O)C1CCCCCN1C(=O)[C@H]1CCCCN1. The normalized spacial score (nSPS) is 29.7. The van der Waals surface area contributed by atoms with Crippen molar-refractivity contribution in [3.05, 3.63) is 0 Å². The van der Waals surface area contributed by atoms with Gasteiger partial charge >= 0.3 is 5.97 Å². The fourth-order valence-corrected chi connectivity index (χ4v) is 2.89. The highest BCUT2D eigenvalue weighted by Crippen LogP contribution is 2.20. The average Bonchev–Trinajstić information content (AvgIpc) is 2.64. The molecule has 0 aromatic heterocycles. The van der Waals surface area contributed by atoms with Gasteiger partial charge in [-0.2, -0.15) is 0 Å². The van der Waals surface area contributed by atoms with Gasteiger partial charge < -0.3 is 15.3 Å². The molecule has 2 aliphatic rings. The van der Waals surface area contributed by atoms with E-state index in [4.69, 9.17) is 0 Å². The average molecular weight is 254 g/mol. The highest BCUT2D eigenvalue weighted by atomic mass is 16.4. The molecule has 2 N–H and O–H groups in total. The summed E-state index contributed by atoms with van der Waals surface area (Å²) in [4.78, 5) is 25.3. The zero-order valence-corrected chi connectivity index (χ0v) is 10.7. The Bertz CT molecular complexity index is 313. The van der Waals surface area contributed by atoms with E-state index in [1.807, 2.05) is 0 Å². The van der Waals surface area contributed by atoms with Gasteiger partial charge in [0, 0.05) is 6.54 Å². The van der Waals surface area contributed by atoms with Crippen LogP contribution in [0.25, 0.3) is 0 Å². The highest BCUT2D eigenvalue weighted by molar-refractivity contribution is 5.87. The van der Waals surface area contributed by atoms with Crippen molar-refractivity contribution in [1.82, 2.24) is 10.2 Å². The summed E-state index contributed by atoms with van der Waals surface area (Å²) in [5, 5.41) is 12.5. The van der Waals surface area contributed by atoms with Crippen LogP contribution < -0.4 is 5.32 Å². The van der Waals surface area contributed by atoms with Crippen molar-refractivity contribution in [2.75, 3.05) is 13.1 Å². The predicted octanol–water partition coefficient (Wildman–Crippen LogP) is 0.984. The molecule has 2 heterocycles. The summed E-state index contributed by atoms with van der Waals surface area (Å²) < 4.78 is 0. The molecule has 0 bridgehead atoms. The van der Waals surface area contributed by atoms with E-state index in [0.29, 0.717) is 13.0 Å². The van der Waals surface area contributed by atoms with Crippen LogP contribution in [0.1, 0.15) is 44.9 Å². The van der Waals surface area contributed by atoms with Gasteiger partial charge in [0.25, 0.3) is 0 Å². The van der Waals surface area contributed by atoms with E-state index in [1.165, 1.54) is 0 Å². The van der Waals surface area contributed by atoms with Gasteiger partial charge in [-0.15, -0.1) is 0 Å². The summed E-state index contributed by atoms with van der Waals surface area (Å²) in [6.45, 7) is 1.45. The third-order valence-electron chi connectivity index (χ3n) is 3.93. The van der Waals surface area contributed by atoms with Gasteiger partial charge in [-0.05, 0) is 32.2 Å². The third kappa shape index (κ3) is 3.02. The second-order valence-corrected chi connectivity index (χ2v) is 5.24. The quantitative estimate of drug-likeness (QED) is 0.771. The molecule has 2 rings (SSSR count). The highest BCUT2D eigenvalue weighted by Gasteiger charge is 2.34. The number of nitrogens with one attached hydrogen (secondary N) is 1. The van der Waals surface area contributed by atoms with Gasteiger partial charge in [-0.3, -0.25) is 4.79 Å². The van der Waals surface area contributed by atoms with Gasteiger partial charge in [-0.1, -0.05) is 19.3 Å². The lowest BCUT2D eigenvalue weighted by Gasteiger charge is -2.32. The first-order chi connectivity index (χ1) is 8.70. The zero-order chi connectivity index (χ0) is 13.0. The number of aliphatic carboxylic acids is 1. The van der Waals surface area contributed by atoms with E-state index < -0.39 is 12.0 Å². The molecule has 1 unspecified atom stereocenters. The number of hydrogen-bond acceptors (Lipinski definition) is 3. The molecule has 2 aliphatic heterocycles. The van der Waals surface area contributed by atoms with Crippen molar-refractivity contribution in [2.45, 2.75) is 57.0 Å². The molecule has 5 nitrogen and oxygen atoms in total. The van der Waals surface area contributed by atoms with Crippen molar-refractivity contribution in [2.24, 2.45) is 0 Å². The Morgan fingerprint density at radius 1 is 1.06 bits per heavy atom. The number of amides is 1. The van der Waals surface area contributed by atoms with Gasteiger partial charge in [0.15, 0.2) is 0 Å². The number of likely N-dealkylation sites (tertiary alicyclic amines) is 1. The van der Waals surface area contributed by atoms with Crippen LogP contribution in [-0.2, 0) is 9.59 Å². The molecule has 2 atom stereocenters. The molecule has 1 amide bonds.